The Labute approximate surface area is 170 Å². The van der Waals surface area contributed by atoms with Crippen molar-refractivity contribution in [1.29, 1.82) is 0 Å². The highest BCUT2D eigenvalue weighted by molar-refractivity contribution is 6.34. The van der Waals surface area contributed by atoms with Crippen molar-refractivity contribution in [2.45, 2.75) is 6.54 Å². The van der Waals surface area contributed by atoms with Crippen LogP contribution in [0.1, 0.15) is 15.9 Å². The predicted octanol–water partition coefficient (Wildman–Crippen LogP) is 5.61. The molecule has 138 valence electrons. The fourth-order valence-electron chi connectivity index (χ4n) is 2.35. The van der Waals surface area contributed by atoms with E-state index in [0.717, 1.165) is 11.3 Å². The standard InChI is InChI=1S/C19H14Cl3N3O2/c20-12-3-6-17(26)14(8-12)19(27)25-16-5-4-13(9-15(16)21)24-10-11-2-1-7-23-18(11)22/h1-9,24,26H,10H2,(H,25,27). The monoisotopic (exact) mass is 421 g/mol. The maximum Gasteiger partial charge on any atom is 0.259 e. The van der Waals surface area contributed by atoms with E-state index in [-0.39, 0.29) is 11.3 Å². The molecule has 5 nitrogen and oxygen atoms in total. The number of hydrogen-bond donors (Lipinski definition) is 3. The lowest BCUT2D eigenvalue weighted by molar-refractivity contribution is 0.102. The van der Waals surface area contributed by atoms with E-state index in [9.17, 15) is 9.90 Å². The SMILES string of the molecule is O=C(Nc1ccc(NCc2cccnc2Cl)cc1Cl)c1cc(Cl)ccc1O. The van der Waals surface area contributed by atoms with E-state index < -0.39 is 5.91 Å². The molecule has 0 aliphatic carbocycles. The molecule has 0 aliphatic heterocycles. The number of halogens is 3. The number of aromatic nitrogens is 1. The first-order valence-electron chi connectivity index (χ1n) is 7.86. The van der Waals surface area contributed by atoms with Gasteiger partial charge in [-0.05, 0) is 42.5 Å². The fourth-order valence-corrected chi connectivity index (χ4v) is 2.94. The molecule has 0 bridgehead atoms. The molecule has 0 spiro atoms. The van der Waals surface area contributed by atoms with Crippen LogP contribution in [-0.4, -0.2) is 16.0 Å². The van der Waals surface area contributed by atoms with Gasteiger partial charge in [0.2, 0.25) is 0 Å². The maximum absolute atomic E-state index is 12.3. The zero-order valence-corrected chi connectivity index (χ0v) is 16.1. The molecule has 0 atom stereocenters. The third-order valence-electron chi connectivity index (χ3n) is 3.74. The molecular formula is C19H14Cl3N3O2. The molecule has 0 saturated heterocycles. The van der Waals surface area contributed by atoms with Crippen LogP contribution in [0.25, 0.3) is 0 Å². The van der Waals surface area contributed by atoms with Gasteiger partial charge in [0.05, 0.1) is 16.3 Å². The molecule has 3 rings (SSSR count). The summed E-state index contributed by atoms with van der Waals surface area (Å²) in [5, 5.41) is 16.8. The molecule has 0 unspecified atom stereocenters. The first-order valence-corrected chi connectivity index (χ1v) is 9.00. The molecule has 8 heteroatoms. The number of carbonyl (C=O) groups excluding carboxylic acids is 1. The number of rotatable bonds is 5. The van der Waals surface area contributed by atoms with Gasteiger partial charge in [-0.25, -0.2) is 4.98 Å². The quantitative estimate of drug-likeness (QED) is 0.467. The lowest BCUT2D eigenvalue weighted by Crippen LogP contribution is -2.12. The molecule has 1 amide bonds. The normalized spacial score (nSPS) is 10.5. The first-order chi connectivity index (χ1) is 12.9. The van der Waals surface area contributed by atoms with Gasteiger partial charge >= 0.3 is 0 Å². The predicted molar refractivity (Wildman–Crippen MR) is 109 cm³/mol. The minimum absolute atomic E-state index is 0.0620. The second-order valence-electron chi connectivity index (χ2n) is 5.62. The van der Waals surface area contributed by atoms with E-state index in [0.29, 0.717) is 27.4 Å². The number of nitrogens with zero attached hydrogens (tertiary/aromatic N) is 1. The Morgan fingerprint density at radius 2 is 1.89 bits per heavy atom. The molecule has 3 N–H and O–H groups in total. The highest BCUT2D eigenvalue weighted by atomic mass is 35.5. The van der Waals surface area contributed by atoms with Gasteiger partial charge in [-0.1, -0.05) is 40.9 Å². The number of carbonyl (C=O) groups is 1. The van der Waals surface area contributed by atoms with Gasteiger partial charge in [0, 0.05) is 29.0 Å². The highest BCUT2D eigenvalue weighted by Gasteiger charge is 2.14. The summed E-state index contributed by atoms with van der Waals surface area (Å²) in [5.41, 5.74) is 2.07. The van der Waals surface area contributed by atoms with Crippen molar-refractivity contribution in [3.05, 3.63) is 81.1 Å². The van der Waals surface area contributed by atoms with Crippen LogP contribution >= 0.6 is 34.8 Å². The van der Waals surface area contributed by atoms with E-state index in [1.54, 1.807) is 30.5 Å². The van der Waals surface area contributed by atoms with Crippen molar-refractivity contribution in [3.8, 4) is 5.75 Å². The molecule has 1 aromatic heterocycles. The summed E-state index contributed by atoms with van der Waals surface area (Å²) in [6.07, 6.45) is 1.62. The fraction of sp³-hybridized carbons (Fsp3) is 0.0526. The lowest BCUT2D eigenvalue weighted by atomic mass is 10.2. The summed E-state index contributed by atoms with van der Waals surface area (Å²) >= 11 is 18.2. The van der Waals surface area contributed by atoms with Crippen LogP contribution in [0.15, 0.2) is 54.7 Å². The third kappa shape index (κ3) is 4.83. The highest BCUT2D eigenvalue weighted by Crippen LogP contribution is 2.28. The number of pyridine rings is 1. The van der Waals surface area contributed by atoms with Crippen LogP contribution < -0.4 is 10.6 Å². The Hall–Kier alpha value is -2.47. The van der Waals surface area contributed by atoms with Crippen LogP contribution in [-0.2, 0) is 6.54 Å². The van der Waals surface area contributed by atoms with Gasteiger partial charge in [0.1, 0.15) is 10.9 Å². The number of amides is 1. The van der Waals surface area contributed by atoms with Crippen molar-refractivity contribution < 1.29 is 9.90 Å². The van der Waals surface area contributed by atoms with Crippen molar-refractivity contribution >= 4 is 52.1 Å². The number of aromatic hydroxyl groups is 1. The van der Waals surface area contributed by atoms with Crippen molar-refractivity contribution in [1.82, 2.24) is 4.98 Å². The van der Waals surface area contributed by atoms with E-state index in [1.165, 1.54) is 18.2 Å². The van der Waals surface area contributed by atoms with Crippen molar-refractivity contribution in [3.63, 3.8) is 0 Å². The van der Waals surface area contributed by atoms with Crippen LogP contribution in [0, 0.1) is 0 Å². The second-order valence-corrected chi connectivity index (χ2v) is 6.82. The number of phenolic OH excluding ortho intramolecular Hbond substituents is 1. The average molecular weight is 423 g/mol. The van der Waals surface area contributed by atoms with E-state index >= 15 is 0 Å². The number of anilines is 2. The van der Waals surface area contributed by atoms with Gasteiger partial charge in [-0.15, -0.1) is 0 Å². The smallest absolute Gasteiger partial charge is 0.259 e. The van der Waals surface area contributed by atoms with E-state index in [1.807, 2.05) is 6.07 Å². The molecular weight excluding hydrogens is 409 g/mol. The number of nitrogens with one attached hydrogen (secondary N) is 2. The minimum Gasteiger partial charge on any atom is -0.507 e. The molecule has 0 radical (unpaired) electrons. The molecule has 3 aromatic rings. The van der Waals surface area contributed by atoms with Gasteiger partial charge in [0.25, 0.3) is 5.91 Å². The molecule has 0 aliphatic rings. The summed E-state index contributed by atoms with van der Waals surface area (Å²) in [4.78, 5) is 16.4. The summed E-state index contributed by atoms with van der Waals surface area (Å²) in [6, 6.07) is 13.0. The molecule has 2 aromatic carbocycles. The molecule has 27 heavy (non-hydrogen) atoms. The maximum atomic E-state index is 12.3. The number of hydrogen-bond acceptors (Lipinski definition) is 4. The Balaban J connectivity index is 1.70. The van der Waals surface area contributed by atoms with E-state index in [2.05, 4.69) is 15.6 Å². The first kappa shape index (κ1) is 19.3. The third-order valence-corrected chi connectivity index (χ3v) is 4.63. The number of phenols is 1. The average Bonchev–Trinajstić information content (AvgIpc) is 2.65. The topological polar surface area (TPSA) is 74.2 Å². The van der Waals surface area contributed by atoms with Gasteiger partial charge in [-0.2, -0.15) is 0 Å². The lowest BCUT2D eigenvalue weighted by Gasteiger charge is -2.12. The summed E-state index contributed by atoms with van der Waals surface area (Å²) < 4.78 is 0. The number of benzene rings is 2. The van der Waals surface area contributed by atoms with Gasteiger partial charge < -0.3 is 15.7 Å². The van der Waals surface area contributed by atoms with Gasteiger partial charge in [-0.3, -0.25) is 4.79 Å². The van der Waals surface area contributed by atoms with Crippen LogP contribution in [0.3, 0.4) is 0 Å². The summed E-state index contributed by atoms with van der Waals surface area (Å²) in [7, 11) is 0. The Morgan fingerprint density at radius 1 is 1.07 bits per heavy atom. The van der Waals surface area contributed by atoms with E-state index in [4.69, 9.17) is 34.8 Å². The van der Waals surface area contributed by atoms with Crippen LogP contribution in [0.2, 0.25) is 15.2 Å². The van der Waals surface area contributed by atoms with Crippen LogP contribution in [0.5, 0.6) is 5.75 Å². The zero-order valence-electron chi connectivity index (χ0n) is 13.8. The Kier molecular flexibility index (Phi) is 6.06. The summed E-state index contributed by atoms with van der Waals surface area (Å²) in [6.45, 7) is 0.477. The second kappa shape index (κ2) is 8.48. The van der Waals surface area contributed by atoms with Crippen molar-refractivity contribution in [2.75, 3.05) is 10.6 Å². The minimum atomic E-state index is -0.514. The molecule has 1 heterocycles. The zero-order chi connectivity index (χ0) is 19.4. The molecule has 0 saturated carbocycles. The Morgan fingerprint density at radius 3 is 2.63 bits per heavy atom. The largest absolute Gasteiger partial charge is 0.507 e. The molecule has 0 fully saturated rings. The van der Waals surface area contributed by atoms with Crippen LogP contribution in [0.4, 0.5) is 11.4 Å². The van der Waals surface area contributed by atoms with Gasteiger partial charge in [0.15, 0.2) is 0 Å². The van der Waals surface area contributed by atoms with Crippen molar-refractivity contribution in [2.24, 2.45) is 0 Å². The summed E-state index contributed by atoms with van der Waals surface area (Å²) in [5.74, 6) is -0.681. The Bertz CT molecular complexity index is 996.